The Labute approximate surface area is 172 Å². The Balaban J connectivity index is 1.33. The van der Waals surface area contributed by atoms with Gasteiger partial charge in [0.15, 0.2) is 0 Å². The van der Waals surface area contributed by atoms with Crippen molar-refractivity contribution < 1.29 is 9.53 Å². The summed E-state index contributed by atoms with van der Waals surface area (Å²) < 4.78 is 5.90. The molecule has 2 fully saturated rings. The summed E-state index contributed by atoms with van der Waals surface area (Å²) in [7, 11) is 0. The van der Waals surface area contributed by atoms with Crippen molar-refractivity contribution in [1.29, 1.82) is 0 Å². The second-order valence-corrected chi connectivity index (χ2v) is 8.81. The first-order valence-corrected chi connectivity index (χ1v) is 10.7. The highest BCUT2D eigenvalue weighted by molar-refractivity contribution is 6.31. The van der Waals surface area contributed by atoms with Crippen molar-refractivity contribution in [2.24, 2.45) is 5.92 Å². The number of halogens is 1. The first-order chi connectivity index (χ1) is 13.5. The number of aryl methyl sites for hydroxylation is 1. The van der Waals surface area contributed by atoms with Gasteiger partial charge in [0, 0.05) is 43.2 Å². The molecule has 28 heavy (non-hydrogen) atoms. The van der Waals surface area contributed by atoms with Crippen molar-refractivity contribution in [2.45, 2.75) is 45.1 Å². The van der Waals surface area contributed by atoms with E-state index in [1.807, 2.05) is 24.3 Å². The number of amides is 1. The molecule has 5 heteroatoms. The zero-order valence-corrected chi connectivity index (χ0v) is 17.5. The third-order valence-electron chi connectivity index (χ3n) is 6.36. The average molecular weight is 401 g/mol. The van der Waals surface area contributed by atoms with E-state index in [0.717, 1.165) is 56.0 Å². The van der Waals surface area contributed by atoms with E-state index >= 15 is 0 Å². The van der Waals surface area contributed by atoms with Gasteiger partial charge in [-0.2, -0.15) is 0 Å². The van der Waals surface area contributed by atoms with Crippen LogP contribution >= 0.6 is 11.6 Å². The van der Waals surface area contributed by atoms with Crippen LogP contribution in [0.3, 0.4) is 0 Å². The second kappa shape index (κ2) is 7.92. The second-order valence-electron chi connectivity index (χ2n) is 8.40. The molecule has 1 amide bonds. The van der Waals surface area contributed by atoms with Crippen LogP contribution in [0.15, 0.2) is 47.0 Å². The van der Waals surface area contributed by atoms with Crippen LogP contribution in [0, 0.1) is 12.8 Å². The van der Waals surface area contributed by atoms with Crippen molar-refractivity contribution in [1.82, 2.24) is 4.90 Å². The lowest BCUT2D eigenvalue weighted by molar-refractivity contribution is -0.00114. The van der Waals surface area contributed by atoms with Crippen molar-refractivity contribution in [2.75, 3.05) is 31.1 Å². The number of piperidine rings is 1. The number of hydrogen-bond donors (Lipinski definition) is 0. The number of benzene rings is 1. The molecule has 1 spiro atoms. The standard InChI is InChI=1S/C23H29ClN2O2/c1-3-19-14-18(6-9-21(19)24)15-25-12-10-23(11-13-25)16-26(22(27)28-23)20-7-4-17(2)5-8-20/h4-9,18H,3,10-16H2,1-2H3. The Morgan fingerprint density at radius 3 is 2.61 bits per heavy atom. The molecule has 1 aliphatic carbocycles. The summed E-state index contributed by atoms with van der Waals surface area (Å²) >= 11 is 6.29. The molecule has 1 aromatic carbocycles. The number of likely N-dealkylation sites (tertiary alicyclic amines) is 1. The highest BCUT2D eigenvalue weighted by atomic mass is 35.5. The van der Waals surface area contributed by atoms with Crippen molar-refractivity contribution in [3.05, 3.63) is 52.6 Å². The molecule has 150 valence electrons. The number of allylic oxidation sites excluding steroid dienone is 3. The molecular formula is C23H29ClN2O2. The lowest BCUT2D eigenvalue weighted by Gasteiger charge is -2.38. The fraction of sp³-hybridized carbons (Fsp3) is 0.522. The monoisotopic (exact) mass is 400 g/mol. The van der Waals surface area contributed by atoms with E-state index in [1.54, 1.807) is 4.90 Å². The summed E-state index contributed by atoms with van der Waals surface area (Å²) in [6.45, 7) is 7.88. The fourth-order valence-electron chi connectivity index (χ4n) is 4.54. The maximum absolute atomic E-state index is 12.5. The quantitative estimate of drug-likeness (QED) is 0.690. The number of hydrogen-bond acceptors (Lipinski definition) is 3. The van der Waals surface area contributed by atoms with Crippen LogP contribution in [-0.4, -0.2) is 42.8 Å². The van der Waals surface area contributed by atoms with E-state index in [9.17, 15) is 4.79 Å². The minimum atomic E-state index is -0.335. The van der Waals surface area contributed by atoms with Crippen molar-refractivity contribution in [3.8, 4) is 0 Å². The summed E-state index contributed by atoms with van der Waals surface area (Å²) in [5, 5.41) is 0.922. The molecule has 4 rings (SSSR count). The normalized spacial score (nSPS) is 24.9. The zero-order valence-electron chi connectivity index (χ0n) is 16.8. The fourth-order valence-corrected chi connectivity index (χ4v) is 4.82. The van der Waals surface area contributed by atoms with Crippen LogP contribution < -0.4 is 4.90 Å². The maximum atomic E-state index is 12.5. The van der Waals surface area contributed by atoms with Crippen LogP contribution in [0.25, 0.3) is 0 Å². The van der Waals surface area contributed by atoms with Gasteiger partial charge in [-0.25, -0.2) is 4.79 Å². The molecule has 2 saturated heterocycles. The number of carbonyl (C=O) groups excluding carboxylic acids is 1. The highest BCUT2D eigenvalue weighted by Gasteiger charge is 2.47. The van der Waals surface area contributed by atoms with Crippen LogP contribution in [-0.2, 0) is 4.74 Å². The summed E-state index contributed by atoms with van der Waals surface area (Å²) in [6.07, 6.45) is 7.99. The minimum Gasteiger partial charge on any atom is -0.441 e. The predicted octanol–water partition coefficient (Wildman–Crippen LogP) is 5.27. The molecule has 0 saturated carbocycles. The van der Waals surface area contributed by atoms with Crippen LogP contribution in [0.1, 0.15) is 38.2 Å². The zero-order chi connectivity index (χ0) is 19.7. The van der Waals surface area contributed by atoms with Crippen molar-refractivity contribution in [3.63, 3.8) is 0 Å². The Morgan fingerprint density at radius 2 is 1.93 bits per heavy atom. The molecule has 4 nitrogen and oxygen atoms in total. The summed E-state index contributed by atoms with van der Waals surface area (Å²) in [4.78, 5) is 16.8. The van der Waals surface area contributed by atoms with Crippen LogP contribution in [0.5, 0.6) is 0 Å². The van der Waals surface area contributed by atoms with Gasteiger partial charge >= 0.3 is 6.09 Å². The molecular weight excluding hydrogens is 372 g/mol. The first kappa shape index (κ1) is 19.5. The number of carbonyl (C=O) groups is 1. The van der Waals surface area contributed by atoms with Crippen LogP contribution in [0.2, 0.25) is 0 Å². The predicted molar refractivity (Wildman–Crippen MR) is 114 cm³/mol. The molecule has 1 aromatic rings. The highest BCUT2D eigenvalue weighted by Crippen LogP contribution is 2.36. The Bertz CT molecular complexity index is 791. The number of rotatable bonds is 4. The van der Waals surface area contributed by atoms with Crippen molar-refractivity contribution >= 4 is 23.4 Å². The van der Waals surface area contributed by atoms with Gasteiger partial charge < -0.3 is 9.64 Å². The summed E-state index contributed by atoms with van der Waals surface area (Å²) in [6, 6.07) is 8.09. The SMILES string of the molecule is CCC1=C(Cl)C=CC(CN2CCC3(CC2)CN(c2ccc(C)cc2)C(=O)O3)C1. The van der Waals surface area contributed by atoms with Gasteiger partial charge in [-0.3, -0.25) is 4.90 Å². The molecule has 0 N–H and O–H groups in total. The Hall–Kier alpha value is -1.78. The molecule has 2 heterocycles. The van der Waals surface area contributed by atoms with E-state index in [0.29, 0.717) is 12.5 Å². The van der Waals surface area contributed by atoms with Gasteiger partial charge in [0.1, 0.15) is 5.60 Å². The molecule has 1 unspecified atom stereocenters. The summed E-state index contributed by atoms with van der Waals surface area (Å²) in [5.74, 6) is 0.529. The Kier molecular flexibility index (Phi) is 5.52. The number of nitrogens with zero attached hydrogens (tertiary/aromatic N) is 2. The summed E-state index contributed by atoms with van der Waals surface area (Å²) in [5.41, 5.74) is 3.15. The van der Waals surface area contributed by atoms with E-state index < -0.39 is 0 Å². The van der Waals surface area contributed by atoms with Gasteiger partial charge in [-0.1, -0.05) is 47.9 Å². The van der Waals surface area contributed by atoms with Gasteiger partial charge in [-0.05, 0) is 43.9 Å². The molecule has 2 aliphatic heterocycles. The third-order valence-corrected chi connectivity index (χ3v) is 6.76. The lowest BCUT2D eigenvalue weighted by atomic mass is 9.88. The average Bonchev–Trinajstić information content (AvgIpc) is 3.02. The van der Waals surface area contributed by atoms with Gasteiger partial charge in [0.2, 0.25) is 0 Å². The van der Waals surface area contributed by atoms with E-state index in [1.165, 1.54) is 11.1 Å². The van der Waals surface area contributed by atoms with E-state index in [4.69, 9.17) is 16.3 Å². The largest absolute Gasteiger partial charge is 0.441 e. The molecule has 3 aliphatic rings. The maximum Gasteiger partial charge on any atom is 0.415 e. The minimum absolute atomic E-state index is 0.208. The third kappa shape index (κ3) is 3.99. The Morgan fingerprint density at radius 1 is 1.21 bits per heavy atom. The first-order valence-electron chi connectivity index (χ1n) is 10.3. The van der Waals surface area contributed by atoms with E-state index in [-0.39, 0.29) is 11.7 Å². The van der Waals surface area contributed by atoms with E-state index in [2.05, 4.69) is 30.9 Å². The molecule has 0 bridgehead atoms. The van der Waals surface area contributed by atoms with Gasteiger partial charge in [0.05, 0.1) is 6.54 Å². The molecule has 1 atom stereocenters. The lowest BCUT2D eigenvalue weighted by Crippen LogP contribution is -2.48. The number of anilines is 1. The smallest absolute Gasteiger partial charge is 0.415 e. The van der Waals surface area contributed by atoms with Gasteiger partial charge in [0.25, 0.3) is 0 Å². The topological polar surface area (TPSA) is 32.8 Å². The van der Waals surface area contributed by atoms with Gasteiger partial charge in [-0.15, -0.1) is 0 Å². The molecule has 0 radical (unpaired) electrons. The number of ether oxygens (including phenoxy) is 1. The van der Waals surface area contributed by atoms with Crippen LogP contribution in [0.4, 0.5) is 10.5 Å². The molecule has 0 aromatic heterocycles.